The van der Waals surface area contributed by atoms with Crippen molar-refractivity contribution in [3.63, 3.8) is 0 Å². The lowest BCUT2D eigenvalue weighted by Crippen LogP contribution is -1.97. The quantitative estimate of drug-likeness (QED) is 0.593. The molecule has 0 aromatic heterocycles. The molecule has 3 rings (SSSR count). The number of aromatic carboxylic acids is 1. The Morgan fingerprint density at radius 2 is 1.56 bits per heavy atom. The van der Waals surface area contributed by atoms with Gasteiger partial charge in [-0.15, -0.1) is 0 Å². The van der Waals surface area contributed by atoms with Gasteiger partial charge in [-0.1, -0.05) is 55.8 Å². The molecule has 3 aromatic rings. The van der Waals surface area contributed by atoms with Gasteiger partial charge < -0.3 is 9.84 Å². The summed E-state index contributed by atoms with van der Waals surface area (Å²) in [7, 11) is 1.68. The Hall–Kier alpha value is -3.07. The SMILES string of the molecule is COc1ccc(-c2ccc(C(=O)O)cc2)cc1-c1ccc(C)cc1C(C)C. The molecule has 0 fully saturated rings. The van der Waals surface area contributed by atoms with Crippen molar-refractivity contribution in [3.8, 4) is 28.0 Å². The fraction of sp³-hybridized carbons (Fsp3) is 0.208. The number of methoxy groups -OCH3 is 1. The van der Waals surface area contributed by atoms with Crippen LogP contribution in [0.1, 0.15) is 41.3 Å². The van der Waals surface area contributed by atoms with E-state index < -0.39 is 5.97 Å². The molecule has 138 valence electrons. The van der Waals surface area contributed by atoms with Crippen LogP contribution < -0.4 is 4.74 Å². The minimum Gasteiger partial charge on any atom is -0.496 e. The number of carboxylic acid groups (broad SMARTS) is 1. The molecule has 0 heterocycles. The Labute approximate surface area is 160 Å². The monoisotopic (exact) mass is 360 g/mol. The van der Waals surface area contributed by atoms with E-state index in [4.69, 9.17) is 9.84 Å². The minimum absolute atomic E-state index is 0.285. The molecule has 3 heteroatoms. The third-order valence-electron chi connectivity index (χ3n) is 4.78. The summed E-state index contributed by atoms with van der Waals surface area (Å²) in [6.07, 6.45) is 0. The van der Waals surface area contributed by atoms with E-state index in [1.54, 1.807) is 19.2 Å². The largest absolute Gasteiger partial charge is 0.496 e. The molecule has 3 aromatic carbocycles. The highest BCUT2D eigenvalue weighted by Crippen LogP contribution is 2.38. The second kappa shape index (κ2) is 7.67. The summed E-state index contributed by atoms with van der Waals surface area (Å²) >= 11 is 0. The van der Waals surface area contributed by atoms with E-state index in [0.29, 0.717) is 5.92 Å². The summed E-state index contributed by atoms with van der Waals surface area (Å²) < 4.78 is 5.63. The van der Waals surface area contributed by atoms with Gasteiger partial charge in [0, 0.05) is 5.56 Å². The van der Waals surface area contributed by atoms with Crippen LogP contribution in [-0.4, -0.2) is 18.2 Å². The van der Waals surface area contributed by atoms with Crippen LogP contribution in [0.4, 0.5) is 0 Å². The first-order chi connectivity index (χ1) is 12.9. The highest BCUT2D eigenvalue weighted by molar-refractivity contribution is 5.88. The smallest absolute Gasteiger partial charge is 0.335 e. The summed E-state index contributed by atoms with van der Waals surface area (Å²) in [5, 5.41) is 9.10. The number of rotatable bonds is 5. The molecule has 0 atom stereocenters. The molecular formula is C24H24O3. The first kappa shape index (κ1) is 18.7. The number of hydrogen-bond acceptors (Lipinski definition) is 2. The number of benzene rings is 3. The van der Waals surface area contributed by atoms with Gasteiger partial charge in [-0.05, 0) is 59.4 Å². The van der Waals surface area contributed by atoms with Crippen LogP contribution in [0.25, 0.3) is 22.3 Å². The number of carbonyl (C=O) groups is 1. The third-order valence-corrected chi connectivity index (χ3v) is 4.78. The van der Waals surface area contributed by atoms with E-state index in [9.17, 15) is 4.79 Å². The van der Waals surface area contributed by atoms with E-state index >= 15 is 0 Å². The fourth-order valence-electron chi connectivity index (χ4n) is 3.31. The molecule has 3 nitrogen and oxygen atoms in total. The zero-order valence-electron chi connectivity index (χ0n) is 16.1. The van der Waals surface area contributed by atoms with Crippen LogP contribution in [0.15, 0.2) is 60.7 Å². The molecule has 0 spiro atoms. The molecule has 0 saturated carbocycles. The zero-order valence-corrected chi connectivity index (χ0v) is 16.1. The zero-order chi connectivity index (χ0) is 19.6. The molecule has 0 aliphatic carbocycles. The Morgan fingerprint density at radius 1 is 0.889 bits per heavy atom. The second-order valence-corrected chi connectivity index (χ2v) is 7.04. The van der Waals surface area contributed by atoms with Crippen LogP contribution in [0.5, 0.6) is 5.75 Å². The van der Waals surface area contributed by atoms with Crippen LogP contribution in [0.3, 0.4) is 0 Å². The Kier molecular flexibility index (Phi) is 5.31. The van der Waals surface area contributed by atoms with Crippen LogP contribution in [0.2, 0.25) is 0 Å². The van der Waals surface area contributed by atoms with Gasteiger partial charge in [-0.25, -0.2) is 4.79 Å². The standard InChI is InChI=1S/C24H24O3/c1-15(2)21-13-16(3)5-11-20(21)22-14-19(10-12-23(22)27-4)17-6-8-18(9-7-17)24(25)26/h5-15H,1-4H3,(H,25,26). The molecule has 0 aliphatic heterocycles. The van der Waals surface area contributed by atoms with Gasteiger partial charge in [0.05, 0.1) is 12.7 Å². The van der Waals surface area contributed by atoms with Gasteiger partial charge in [0.25, 0.3) is 0 Å². The van der Waals surface area contributed by atoms with Gasteiger partial charge in [0.2, 0.25) is 0 Å². The van der Waals surface area contributed by atoms with Crippen molar-refractivity contribution in [1.82, 2.24) is 0 Å². The topological polar surface area (TPSA) is 46.5 Å². The summed E-state index contributed by atoms with van der Waals surface area (Å²) in [6.45, 7) is 6.49. The molecule has 0 bridgehead atoms. The van der Waals surface area contributed by atoms with E-state index in [0.717, 1.165) is 28.0 Å². The van der Waals surface area contributed by atoms with Gasteiger partial charge in [0.15, 0.2) is 0 Å². The third kappa shape index (κ3) is 3.87. The van der Waals surface area contributed by atoms with Gasteiger partial charge in [-0.3, -0.25) is 0 Å². The average Bonchev–Trinajstić information content (AvgIpc) is 2.67. The molecule has 0 aliphatic rings. The highest BCUT2D eigenvalue weighted by Gasteiger charge is 2.14. The Balaban J connectivity index is 2.14. The van der Waals surface area contributed by atoms with Gasteiger partial charge in [-0.2, -0.15) is 0 Å². The molecular weight excluding hydrogens is 336 g/mol. The van der Waals surface area contributed by atoms with E-state index in [2.05, 4.69) is 45.0 Å². The normalized spacial score (nSPS) is 10.9. The molecule has 0 saturated heterocycles. The molecule has 27 heavy (non-hydrogen) atoms. The van der Waals surface area contributed by atoms with Crippen LogP contribution >= 0.6 is 0 Å². The number of ether oxygens (including phenoxy) is 1. The first-order valence-electron chi connectivity index (χ1n) is 9.03. The van der Waals surface area contributed by atoms with Crippen molar-refractivity contribution in [1.29, 1.82) is 0 Å². The maximum atomic E-state index is 11.1. The number of aryl methyl sites for hydroxylation is 1. The summed E-state index contributed by atoms with van der Waals surface area (Å²) in [4.78, 5) is 11.1. The van der Waals surface area contributed by atoms with Crippen molar-refractivity contribution in [2.75, 3.05) is 7.11 Å². The fourth-order valence-corrected chi connectivity index (χ4v) is 3.31. The molecule has 1 N–H and O–H groups in total. The molecule has 0 amide bonds. The first-order valence-corrected chi connectivity index (χ1v) is 9.03. The van der Waals surface area contributed by atoms with Crippen molar-refractivity contribution >= 4 is 5.97 Å². The highest BCUT2D eigenvalue weighted by atomic mass is 16.5. The summed E-state index contributed by atoms with van der Waals surface area (Å²) in [5.74, 6) is 0.299. The van der Waals surface area contributed by atoms with E-state index in [1.807, 2.05) is 24.3 Å². The Morgan fingerprint density at radius 3 is 2.15 bits per heavy atom. The average molecular weight is 360 g/mol. The van der Waals surface area contributed by atoms with Crippen molar-refractivity contribution in [3.05, 3.63) is 77.4 Å². The van der Waals surface area contributed by atoms with Gasteiger partial charge >= 0.3 is 5.97 Å². The van der Waals surface area contributed by atoms with Crippen molar-refractivity contribution in [2.24, 2.45) is 0 Å². The number of carboxylic acids is 1. The maximum absolute atomic E-state index is 11.1. The molecule has 0 radical (unpaired) electrons. The van der Waals surface area contributed by atoms with Gasteiger partial charge in [0.1, 0.15) is 5.75 Å². The lowest BCUT2D eigenvalue weighted by atomic mass is 9.89. The Bertz CT molecular complexity index is 969. The predicted octanol–water partition coefficient (Wildman–Crippen LogP) is 6.16. The lowest BCUT2D eigenvalue weighted by Gasteiger charge is -2.17. The minimum atomic E-state index is -0.918. The molecule has 0 unspecified atom stereocenters. The van der Waals surface area contributed by atoms with E-state index in [1.165, 1.54) is 11.1 Å². The lowest BCUT2D eigenvalue weighted by molar-refractivity contribution is 0.0697. The predicted molar refractivity (Wildman–Crippen MR) is 110 cm³/mol. The van der Waals surface area contributed by atoms with E-state index in [-0.39, 0.29) is 5.56 Å². The number of hydrogen-bond donors (Lipinski definition) is 1. The summed E-state index contributed by atoms with van der Waals surface area (Å²) in [6, 6.07) is 19.5. The van der Waals surface area contributed by atoms with Crippen LogP contribution in [0, 0.1) is 6.92 Å². The van der Waals surface area contributed by atoms with Crippen LogP contribution in [-0.2, 0) is 0 Å². The second-order valence-electron chi connectivity index (χ2n) is 7.04. The van der Waals surface area contributed by atoms with Crippen molar-refractivity contribution < 1.29 is 14.6 Å². The summed E-state index contributed by atoms with van der Waals surface area (Å²) in [5.41, 5.74) is 7.01. The maximum Gasteiger partial charge on any atom is 0.335 e. The van der Waals surface area contributed by atoms with Crippen molar-refractivity contribution in [2.45, 2.75) is 26.7 Å².